The van der Waals surface area contributed by atoms with Crippen LogP contribution >= 0.6 is 0 Å². The molecule has 4 rings (SSSR count). The summed E-state index contributed by atoms with van der Waals surface area (Å²) in [4.78, 5) is 15.1. The van der Waals surface area contributed by atoms with E-state index in [2.05, 4.69) is 25.2 Å². The molecule has 0 spiro atoms. The summed E-state index contributed by atoms with van der Waals surface area (Å²) in [6.07, 6.45) is 2.73. The summed E-state index contributed by atoms with van der Waals surface area (Å²) in [6.45, 7) is 10.0. The number of benzene rings is 1. The van der Waals surface area contributed by atoms with Crippen LogP contribution in [0, 0.1) is 19.7 Å². The maximum absolute atomic E-state index is 14.6. The number of rotatable bonds is 6. The fourth-order valence-electron chi connectivity index (χ4n) is 4.12. The molecule has 11 heteroatoms. The average molecular weight is 488 g/mol. The number of aryl methyl sites for hydroxylation is 2. The number of sulfonamides is 1. The Labute approximate surface area is 199 Å². The minimum atomic E-state index is -3.57. The van der Waals surface area contributed by atoms with Crippen LogP contribution in [-0.4, -0.2) is 70.4 Å². The lowest BCUT2D eigenvalue weighted by molar-refractivity contribution is 0.222. The van der Waals surface area contributed by atoms with Crippen LogP contribution in [0.15, 0.2) is 35.5 Å². The van der Waals surface area contributed by atoms with Gasteiger partial charge in [-0.15, -0.1) is 0 Å². The Balaban J connectivity index is 1.60. The summed E-state index contributed by atoms with van der Waals surface area (Å²) in [5, 5.41) is 3.10. The SMILES string of the molecule is Cc1cc(S(=O)(=O)N2CCN(C)CC2)ccc1Nc1ncc(F)c(-c2cnc(C)n2C(C)C)n1. The fraction of sp³-hybridized carbons (Fsp3) is 0.435. The van der Waals surface area contributed by atoms with Crippen molar-refractivity contribution in [1.82, 2.24) is 28.7 Å². The second kappa shape index (κ2) is 9.40. The van der Waals surface area contributed by atoms with Crippen molar-refractivity contribution in [3.05, 3.63) is 47.8 Å². The van der Waals surface area contributed by atoms with Crippen LogP contribution in [0.3, 0.4) is 0 Å². The summed E-state index contributed by atoms with van der Waals surface area (Å²) in [6, 6.07) is 4.98. The van der Waals surface area contributed by atoms with Gasteiger partial charge in [-0.3, -0.25) is 0 Å². The van der Waals surface area contributed by atoms with Gasteiger partial charge >= 0.3 is 0 Å². The van der Waals surface area contributed by atoms with E-state index in [1.807, 2.05) is 39.3 Å². The Hall–Kier alpha value is -2.89. The van der Waals surface area contributed by atoms with Gasteiger partial charge in [0.15, 0.2) is 5.82 Å². The third-order valence-corrected chi connectivity index (χ3v) is 7.92. The van der Waals surface area contributed by atoms with Crippen LogP contribution in [0.4, 0.5) is 16.0 Å². The smallest absolute Gasteiger partial charge is 0.243 e. The molecular formula is C23H30FN7O2S. The van der Waals surface area contributed by atoms with E-state index >= 15 is 0 Å². The number of piperazine rings is 1. The van der Waals surface area contributed by atoms with Crippen molar-refractivity contribution in [3.63, 3.8) is 0 Å². The number of hydrogen-bond acceptors (Lipinski definition) is 7. The summed E-state index contributed by atoms with van der Waals surface area (Å²) in [5.74, 6) is 0.437. The number of anilines is 2. The predicted octanol–water partition coefficient (Wildman–Crippen LogP) is 3.36. The lowest BCUT2D eigenvalue weighted by atomic mass is 10.2. The average Bonchev–Trinajstić information content (AvgIpc) is 3.18. The van der Waals surface area contributed by atoms with Gasteiger partial charge in [-0.2, -0.15) is 4.31 Å². The summed E-state index contributed by atoms with van der Waals surface area (Å²) >= 11 is 0. The Bertz CT molecular complexity index is 1300. The molecule has 0 atom stereocenters. The molecule has 0 bridgehead atoms. The molecule has 3 heterocycles. The Morgan fingerprint density at radius 2 is 1.76 bits per heavy atom. The highest BCUT2D eigenvalue weighted by molar-refractivity contribution is 7.89. The summed E-state index contributed by atoms with van der Waals surface area (Å²) in [7, 11) is -1.59. The second-order valence-corrected chi connectivity index (χ2v) is 10.8. The molecule has 182 valence electrons. The van der Waals surface area contributed by atoms with Crippen molar-refractivity contribution < 1.29 is 12.8 Å². The number of nitrogens with one attached hydrogen (secondary N) is 1. The molecule has 0 radical (unpaired) electrons. The summed E-state index contributed by atoms with van der Waals surface area (Å²) < 4.78 is 44.2. The summed E-state index contributed by atoms with van der Waals surface area (Å²) in [5.41, 5.74) is 2.08. The van der Waals surface area contributed by atoms with Crippen molar-refractivity contribution >= 4 is 21.7 Å². The maximum atomic E-state index is 14.6. The van der Waals surface area contributed by atoms with Crippen molar-refractivity contribution in [2.24, 2.45) is 0 Å². The minimum absolute atomic E-state index is 0.0836. The first-order chi connectivity index (χ1) is 16.1. The van der Waals surface area contributed by atoms with E-state index in [0.29, 0.717) is 43.1 Å². The molecule has 34 heavy (non-hydrogen) atoms. The lowest BCUT2D eigenvalue weighted by Crippen LogP contribution is -2.47. The van der Waals surface area contributed by atoms with E-state index in [-0.39, 0.29) is 22.6 Å². The van der Waals surface area contributed by atoms with Gasteiger partial charge in [-0.25, -0.2) is 27.8 Å². The third-order valence-electron chi connectivity index (χ3n) is 6.03. The van der Waals surface area contributed by atoms with Crippen LogP contribution in [0.25, 0.3) is 11.4 Å². The number of imidazole rings is 1. The van der Waals surface area contributed by atoms with Gasteiger partial charge in [-0.05, 0) is 58.5 Å². The van der Waals surface area contributed by atoms with Crippen LogP contribution in [0.2, 0.25) is 0 Å². The molecule has 2 aromatic heterocycles. The van der Waals surface area contributed by atoms with Gasteiger partial charge in [-0.1, -0.05) is 0 Å². The van der Waals surface area contributed by atoms with E-state index < -0.39 is 15.8 Å². The highest BCUT2D eigenvalue weighted by Gasteiger charge is 2.28. The van der Waals surface area contributed by atoms with Gasteiger partial charge in [0.1, 0.15) is 11.5 Å². The fourth-order valence-corrected chi connectivity index (χ4v) is 5.63. The predicted molar refractivity (Wildman–Crippen MR) is 129 cm³/mol. The second-order valence-electron chi connectivity index (χ2n) is 8.85. The normalized spacial score (nSPS) is 15.7. The first-order valence-corrected chi connectivity index (χ1v) is 12.6. The molecule has 1 aliphatic rings. The van der Waals surface area contributed by atoms with Crippen molar-refractivity contribution in [2.75, 3.05) is 38.5 Å². The molecule has 0 unspecified atom stereocenters. The molecule has 0 saturated carbocycles. The largest absolute Gasteiger partial charge is 0.324 e. The molecular weight excluding hydrogens is 457 g/mol. The quantitative estimate of drug-likeness (QED) is 0.570. The zero-order chi connectivity index (χ0) is 24.6. The van der Waals surface area contributed by atoms with Gasteiger partial charge in [0.25, 0.3) is 0 Å². The third kappa shape index (κ3) is 4.68. The first kappa shape index (κ1) is 24.2. The maximum Gasteiger partial charge on any atom is 0.243 e. The van der Waals surface area contributed by atoms with Crippen molar-refractivity contribution in [3.8, 4) is 11.4 Å². The van der Waals surface area contributed by atoms with Gasteiger partial charge in [0.05, 0.1) is 23.0 Å². The monoisotopic (exact) mass is 487 g/mol. The molecule has 3 aromatic rings. The molecule has 1 N–H and O–H groups in total. The van der Waals surface area contributed by atoms with E-state index in [1.54, 1.807) is 24.4 Å². The van der Waals surface area contributed by atoms with Crippen molar-refractivity contribution in [2.45, 2.75) is 38.6 Å². The van der Waals surface area contributed by atoms with Gasteiger partial charge in [0, 0.05) is 37.9 Å². The lowest BCUT2D eigenvalue weighted by Gasteiger charge is -2.31. The van der Waals surface area contributed by atoms with Crippen LogP contribution < -0.4 is 5.32 Å². The highest BCUT2D eigenvalue weighted by atomic mass is 32.2. The van der Waals surface area contributed by atoms with Crippen LogP contribution in [-0.2, 0) is 10.0 Å². The molecule has 1 saturated heterocycles. The van der Waals surface area contributed by atoms with Crippen LogP contribution in [0.5, 0.6) is 0 Å². The number of halogens is 1. The zero-order valence-electron chi connectivity index (χ0n) is 20.1. The Kier molecular flexibility index (Phi) is 6.70. The Morgan fingerprint density at radius 1 is 1.06 bits per heavy atom. The van der Waals surface area contributed by atoms with E-state index in [0.717, 1.165) is 12.0 Å². The number of likely N-dealkylation sites (N-methyl/N-ethyl adjacent to an activating group) is 1. The van der Waals surface area contributed by atoms with E-state index in [9.17, 15) is 12.8 Å². The molecule has 9 nitrogen and oxygen atoms in total. The van der Waals surface area contributed by atoms with Crippen LogP contribution in [0.1, 0.15) is 31.3 Å². The number of nitrogens with zero attached hydrogens (tertiary/aromatic N) is 6. The highest BCUT2D eigenvalue weighted by Crippen LogP contribution is 2.28. The molecule has 0 amide bonds. The van der Waals surface area contributed by atoms with E-state index in [1.165, 1.54) is 4.31 Å². The first-order valence-electron chi connectivity index (χ1n) is 11.2. The van der Waals surface area contributed by atoms with E-state index in [4.69, 9.17) is 0 Å². The Morgan fingerprint density at radius 3 is 2.41 bits per heavy atom. The molecule has 1 aliphatic heterocycles. The molecule has 1 aromatic carbocycles. The topological polar surface area (TPSA) is 96.3 Å². The number of aromatic nitrogens is 4. The van der Waals surface area contributed by atoms with Crippen molar-refractivity contribution in [1.29, 1.82) is 0 Å². The zero-order valence-corrected chi connectivity index (χ0v) is 20.9. The van der Waals surface area contributed by atoms with Gasteiger partial charge in [0.2, 0.25) is 16.0 Å². The van der Waals surface area contributed by atoms with Gasteiger partial charge < -0.3 is 14.8 Å². The minimum Gasteiger partial charge on any atom is -0.324 e. The molecule has 1 fully saturated rings. The number of hydrogen-bond donors (Lipinski definition) is 1. The standard InChI is InChI=1S/C23H30FN7O2S/c1-15(2)31-17(4)25-14-21(31)22-19(24)13-26-23(28-22)27-20-7-6-18(12-16(20)3)34(32,33)30-10-8-29(5)9-11-30/h6-7,12-15H,8-11H2,1-5H3,(H,26,27,28). The molecule has 0 aliphatic carbocycles.